The number of nitrogens with one attached hydrogen (secondary N) is 2. The van der Waals surface area contributed by atoms with Gasteiger partial charge in [0.2, 0.25) is 0 Å². The largest absolute Gasteiger partial charge is 0.497 e. The third kappa shape index (κ3) is 4.85. The van der Waals surface area contributed by atoms with Crippen LogP contribution in [0.3, 0.4) is 0 Å². The molecule has 216 valence electrons. The average molecular weight is 597 g/mol. The SMILES string of the molecule is COc1ccc([C@@H]2C(C(=O)Nc3ccccc3)=C(C)N=c3s/c(=C/c4c(-c5ccccc5)[nH]c5ccccc45)c(=O)n32)cc1. The van der Waals surface area contributed by atoms with Gasteiger partial charge >= 0.3 is 0 Å². The number of carbonyl (C=O) groups excluding carboxylic acids is 1. The predicted molar refractivity (Wildman–Crippen MR) is 176 cm³/mol. The number of aromatic nitrogens is 2. The second-order valence-electron chi connectivity index (χ2n) is 10.5. The molecule has 3 heterocycles. The summed E-state index contributed by atoms with van der Waals surface area (Å²) < 4.78 is 7.56. The van der Waals surface area contributed by atoms with Crippen LogP contribution in [0.15, 0.2) is 130 Å². The first kappa shape index (κ1) is 27.4. The first-order chi connectivity index (χ1) is 21.5. The highest BCUT2D eigenvalue weighted by atomic mass is 32.1. The van der Waals surface area contributed by atoms with E-state index in [9.17, 15) is 9.59 Å². The minimum absolute atomic E-state index is 0.212. The van der Waals surface area contributed by atoms with Crippen LogP contribution in [0.5, 0.6) is 5.75 Å². The number of para-hydroxylation sites is 2. The predicted octanol–water partition coefficient (Wildman–Crippen LogP) is 6.03. The Bertz CT molecular complexity index is 2230. The third-order valence-corrected chi connectivity index (χ3v) is 8.80. The van der Waals surface area contributed by atoms with Crippen molar-refractivity contribution in [2.24, 2.45) is 4.99 Å². The van der Waals surface area contributed by atoms with Gasteiger partial charge in [0.25, 0.3) is 11.5 Å². The Morgan fingerprint density at radius 1 is 0.932 bits per heavy atom. The molecule has 0 radical (unpaired) electrons. The molecule has 0 unspecified atom stereocenters. The third-order valence-electron chi connectivity index (χ3n) is 7.81. The van der Waals surface area contributed by atoms with Gasteiger partial charge in [0.1, 0.15) is 5.75 Å². The van der Waals surface area contributed by atoms with E-state index in [1.54, 1.807) is 11.7 Å². The van der Waals surface area contributed by atoms with Crippen LogP contribution in [0, 0.1) is 0 Å². The van der Waals surface area contributed by atoms with Gasteiger partial charge in [0.15, 0.2) is 4.80 Å². The van der Waals surface area contributed by atoms with E-state index in [1.165, 1.54) is 11.3 Å². The summed E-state index contributed by atoms with van der Waals surface area (Å²) in [5.74, 6) is 0.375. The lowest BCUT2D eigenvalue weighted by Crippen LogP contribution is -2.40. The van der Waals surface area contributed by atoms with Crippen molar-refractivity contribution in [1.82, 2.24) is 9.55 Å². The number of hydrogen-bond acceptors (Lipinski definition) is 5. The standard InChI is InChI=1S/C36H28N4O3S/c1-22-31(34(41)38-25-13-7-4-8-14-25)33(24-17-19-26(43-2)20-18-24)40-35(42)30(44-36(40)37-22)21-28-27-15-9-10-16-29(27)39-32(28)23-11-5-3-6-12-23/h3-21,33,39H,1-2H3,(H,38,41)/b30-21+/t33-/m1/s1. The van der Waals surface area contributed by atoms with Crippen molar-refractivity contribution >= 4 is 39.9 Å². The second kappa shape index (κ2) is 11.3. The number of carbonyl (C=O) groups is 1. The highest BCUT2D eigenvalue weighted by molar-refractivity contribution is 7.07. The number of nitrogens with zero attached hydrogens (tertiary/aromatic N) is 2. The number of allylic oxidation sites excluding steroid dienone is 1. The molecule has 0 fully saturated rings. The number of ether oxygens (including phenoxy) is 1. The molecular formula is C36H28N4O3S. The molecule has 1 aliphatic heterocycles. The Morgan fingerprint density at radius 3 is 2.34 bits per heavy atom. The number of fused-ring (bicyclic) bond motifs is 2. The van der Waals surface area contributed by atoms with Gasteiger partial charge in [-0.15, -0.1) is 0 Å². The monoisotopic (exact) mass is 596 g/mol. The quantitative estimate of drug-likeness (QED) is 0.246. The molecule has 7 nitrogen and oxygen atoms in total. The van der Waals surface area contributed by atoms with E-state index in [4.69, 9.17) is 9.73 Å². The van der Waals surface area contributed by atoms with Crippen LogP contribution >= 0.6 is 11.3 Å². The number of thiazole rings is 1. The van der Waals surface area contributed by atoms with Gasteiger partial charge < -0.3 is 15.0 Å². The summed E-state index contributed by atoms with van der Waals surface area (Å²) >= 11 is 1.32. The number of aromatic amines is 1. The van der Waals surface area contributed by atoms with Crippen molar-refractivity contribution in [2.75, 3.05) is 12.4 Å². The molecule has 7 rings (SSSR count). The summed E-state index contributed by atoms with van der Waals surface area (Å²) in [7, 11) is 1.61. The average Bonchev–Trinajstić information content (AvgIpc) is 3.58. The maximum absolute atomic E-state index is 14.4. The van der Waals surface area contributed by atoms with Gasteiger partial charge in [-0.2, -0.15) is 0 Å². The molecule has 0 spiro atoms. The van der Waals surface area contributed by atoms with Crippen molar-refractivity contribution in [3.8, 4) is 17.0 Å². The van der Waals surface area contributed by atoms with Gasteiger partial charge in [-0.3, -0.25) is 14.2 Å². The fourth-order valence-corrected chi connectivity index (χ4v) is 6.74. The molecule has 8 heteroatoms. The zero-order valence-corrected chi connectivity index (χ0v) is 24.9. The number of methoxy groups -OCH3 is 1. The zero-order chi connectivity index (χ0) is 30.2. The fourth-order valence-electron chi connectivity index (χ4n) is 5.71. The number of hydrogen-bond donors (Lipinski definition) is 2. The molecule has 44 heavy (non-hydrogen) atoms. The normalized spacial score (nSPS) is 14.8. The van der Waals surface area contributed by atoms with E-state index in [2.05, 4.69) is 16.4 Å². The Labute approximate surface area is 257 Å². The lowest BCUT2D eigenvalue weighted by atomic mass is 9.95. The van der Waals surface area contributed by atoms with Crippen LogP contribution in [-0.4, -0.2) is 22.6 Å². The molecule has 1 atom stereocenters. The fraction of sp³-hybridized carbons (Fsp3) is 0.0833. The molecule has 2 N–H and O–H groups in total. The van der Waals surface area contributed by atoms with Gasteiger partial charge in [-0.1, -0.05) is 90.2 Å². The number of rotatable bonds is 6. The molecule has 0 saturated heterocycles. The first-order valence-electron chi connectivity index (χ1n) is 14.2. The van der Waals surface area contributed by atoms with E-state index in [0.717, 1.165) is 33.3 Å². The van der Waals surface area contributed by atoms with Crippen LogP contribution in [0.4, 0.5) is 5.69 Å². The molecule has 0 bridgehead atoms. The van der Waals surface area contributed by atoms with Gasteiger partial charge in [-0.25, -0.2) is 4.99 Å². The first-order valence-corrected chi connectivity index (χ1v) is 15.0. The van der Waals surface area contributed by atoms with Crippen LogP contribution < -0.4 is 24.9 Å². The van der Waals surface area contributed by atoms with Crippen molar-refractivity contribution in [3.63, 3.8) is 0 Å². The summed E-state index contributed by atoms with van der Waals surface area (Å²) in [6.45, 7) is 1.82. The Balaban J connectivity index is 1.42. The molecule has 0 aliphatic carbocycles. The Morgan fingerprint density at radius 2 is 1.61 bits per heavy atom. The molecule has 6 aromatic rings. The number of H-pyrrole nitrogens is 1. The van der Waals surface area contributed by atoms with E-state index >= 15 is 0 Å². The maximum atomic E-state index is 14.4. The van der Waals surface area contributed by atoms with E-state index < -0.39 is 6.04 Å². The van der Waals surface area contributed by atoms with E-state index in [1.807, 2.05) is 116 Å². The van der Waals surface area contributed by atoms with Crippen LogP contribution in [0.1, 0.15) is 24.1 Å². The molecule has 1 amide bonds. The topological polar surface area (TPSA) is 88.5 Å². The summed E-state index contributed by atoms with van der Waals surface area (Å²) in [5.41, 5.74) is 6.07. The van der Waals surface area contributed by atoms with E-state index in [-0.39, 0.29) is 11.5 Å². The Kier molecular flexibility index (Phi) is 7.04. The van der Waals surface area contributed by atoms with Gasteiger partial charge in [0.05, 0.1) is 34.6 Å². The molecule has 4 aromatic carbocycles. The van der Waals surface area contributed by atoms with Crippen molar-refractivity contribution in [2.45, 2.75) is 13.0 Å². The van der Waals surface area contributed by atoms with Gasteiger partial charge in [-0.05, 0) is 54.5 Å². The smallest absolute Gasteiger partial charge is 0.271 e. The number of benzene rings is 4. The minimum atomic E-state index is -0.681. The van der Waals surface area contributed by atoms with Crippen LogP contribution in [-0.2, 0) is 4.79 Å². The molecule has 2 aromatic heterocycles. The van der Waals surface area contributed by atoms with Crippen LogP contribution in [0.25, 0.3) is 28.2 Å². The van der Waals surface area contributed by atoms with E-state index in [0.29, 0.717) is 32.0 Å². The zero-order valence-electron chi connectivity index (χ0n) is 24.1. The lowest BCUT2D eigenvalue weighted by molar-refractivity contribution is -0.113. The molecule has 1 aliphatic rings. The van der Waals surface area contributed by atoms with Crippen molar-refractivity contribution in [1.29, 1.82) is 0 Å². The minimum Gasteiger partial charge on any atom is -0.497 e. The van der Waals surface area contributed by atoms with Crippen LogP contribution in [0.2, 0.25) is 0 Å². The lowest BCUT2D eigenvalue weighted by Gasteiger charge is -2.25. The maximum Gasteiger partial charge on any atom is 0.271 e. The summed E-state index contributed by atoms with van der Waals surface area (Å²) in [4.78, 5) is 37.1. The summed E-state index contributed by atoms with van der Waals surface area (Å²) in [6.07, 6.45) is 1.94. The number of amides is 1. The highest BCUT2D eigenvalue weighted by Crippen LogP contribution is 2.33. The second-order valence-corrected chi connectivity index (χ2v) is 11.5. The van der Waals surface area contributed by atoms with Gasteiger partial charge in [0, 0.05) is 22.2 Å². The van der Waals surface area contributed by atoms with Crippen molar-refractivity contribution < 1.29 is 9.53 Å². The molecule has 0 saturated carbocycles. The Hall–Kier alpha value is -5.47. The summed E-state index contributed by atoms with van der Waals surface area (Å²) in [6, 6.07) is 34.2. The van der Waals surface area contributed by atoms with Crippen molar-refractivity contribution in [3.05, 3.63) is 151 Å². The number of anilines is 1. The summed E-state index contributed by atoms with van der Waals surface area (Å²) in [5, 5.41) is 4.01. The highest BCUT2D eigenvalue weighted by Gasteiger charge is 2.32. The molecular weight excluding hydrogens is 568 g/mol.